The largest absolute Gasteiger partial charge is 0.504 e. The van der Waals surface area contributed by atoms with Gasteiger partial charge in [-0.1, -0.05) is 6.07 Å². The zero-order chi connectivity index (χ0) is 16.4. The second kappa shape index (κ2) is 5.93. The van der Waals surface area contributed by atoms with E-state index in [-0.39, 0.29) is 11.7 Å². The van der Waals surface area contributed by atoms with E-state index in [2.05, 4.69) is 0 Å². The molecule has 0 heterocycles. The van der Waals surface area contributed by atoms with Crippen LogP contribution in [0.1, 0.15) is 33.3 Å². The third-order valence-corrected chi connectivity index (χ3v) is 4.16. The van der Waals surface area contributed by atoms with Gasteiger partial charge in [0.05, 0.1) is 12.5 Å². The van der Waals surface area contributed by atoms with Crippen molar-refractivity contribution in [1.29, 1.82) is 0 Å². The number of phenols is 1. The van der Waals surface area contributed by atoms with Gasteiger partial charge in [-0.05, 0) is 45.4 Å². The second-order valence-corrected chi connectivity index (χ2v) is 6.51. The van der Waals surface area contributed by atoms with Crippen molar-refractivity contribution in [2.75, 3.05) is 14.2 Å². The number of nitrogens with two attached hydrogens (primary N) is 1. The predicted octanol–water partition coefficient (Wildman–Crippen LogP) is 2.12. The average molecular weight is 294 g/mol. The molecule has 5 heteroatoms. The summed E-state index contributed by atoms with van der Waals surface area (Å²) in [4.78, 5) is 14.2. The highest BCUT2D eigenvalue weighted by Gasteiger charge is 2.41. The minimum absolute atomic E-state index is 0.0259. The Morgan fingerprint density at radius 2 is 1.90 bits per heavy atom. The van der Waals surface area contributed by atoms with Crippen LogP contribution < -0.4 is 10.5 Å². The van der Waals surface area contributed by atoms with Gasteiger partial charge >= 0.3 is 0 Å². The highest BCUT2D eigenvalue weighted by Crippen LogP contribution is 2.31. The van der Waals surface area contributed by atoms with Crippen molar-refractivity contribution in [3.05, 3.63) is 23.8 Å². The summed E-state index contributed by atoms with van der Waals surface area (Å²) in [5.41, 5.74) is 5.69. The van der Waals surface area contributed by atoms with Crippen molar-refractivity contribution < 1.29 is 14.6 Å². The lowest BCUT2D eigenvalue weighted by atomic mass is 9.74. The third-order valence-electron chi connectivity index (χ3n) is 4.16. The van der Waals surface area contributed by atoms with Gasteiger partial charge in [0, 0.05) is 19.1 Å². The number of amides is 1. The summed E-state index contributed by atoms with van der Waals surface area (Å²) in [5.74, 6) is 0.451. The highest BCUT2D eigenvalue weighted by atomic mass is 16.5. The van der Waals surface area contributed by atoms with E-state index in [1.807, 2.05) is 27.7 Å². The molecule has 0 bridgehead atoms. The van der Waals surface area contributed by atoms with Crippen LogP contribution in [-0.4, -0.2) is 35.6 Å². The Balaban J connectivity index is 2.91. The molecule has 118 valence electrons. The lowest BCUT2D eigenvalue weighted by molar-refractivity contribution is -0.142. The number of hydrogen-bond acceptors (Lipinski definition) is 4. The van der Waals surface area contributed by atoms with Crippen molar-refractivity contribution >= 4 is 5.91 Å². The van der Waals surface area contributed by atoms with E-state index in [9.17, 15) is 9.90 Å². The van der Waals surface area contributed by atoms with Crippen molar-refractivity contribution in [2.24, 2.45) is 11.1 Å². The van der Waals surface area contributed by atoms with Crippen molar-refractivity contribution in [3.8, 4) is 11.5 Å². The quantitative estimate of drug-likeness (QED) is 0.872. The lowest BCUT2D eigenvalue weighted by Crippen LogP contribution is -2.55. The van der Waals surface area contributed by atoms with Gasteiger partial charge in [-0.2, -0.15) is 0 Å². The van der Waals surface area contributed by atoms with E-state index in [1.54, 1.807) is 30.1 Å². The summed E-state index contributed by atoms with van der Waals surface area (Å²) in [6.45, 7) is 7.83. The monoisotopic (exact) mass is 294 g/mol. The van der Waals surface area contributed by atoms with E-state index in [0.717, 1.165) is 5.56 Å². The van der Waals surface area contributed by atoms with Crippen LogP contribution >= 0.6 is 0 Å². The Labute approximate surface area is 126 Å². The molecule has 0 aliphatic rings. The molecule has 0 aliphatic heterocycles. The normalized spacial score (nSPS) is 12.1. The summed E-state index contributed by atoms with van der Waals surface area (Å²) >= 11 is 0. The van der Waals surface area contributed by atoms with Crippen LogP contribution in [0.2, 0.25) is 0 Å². The molecule has 0 saturated heterocycles. The lowest BCUT2D eigenvalue weighted by Gasteiger charge is -2.39. The van der Waals surface area contributed by atoms with Crippen LogP contribution in [-0.2, 0) is 11.3 Å². The Bertz CT molecular complexity index is 519. The predicted molar refractivity (Wildman–Crippen MR) is 83.2 cm³/mol. The molecular weight excluding hydrogens is 268 g/mol. The van der Waals surface area contributed by atoms with Gasteiger partial charge in [0.25, 0.3) is 0 Å². The molecule has 0 aliphatic carbocycles. The molecule has 1 rings (SSSR count). The third kappa shape index (κ3) is 3.67. The standard InChI is InChI=1S/C16H26N2O3/c1-15(2,16(3,4)17)14(20)18(5)10-11-7-8-12(19)13(9-11)21-6/h7-9,19H,10,17H2,1-6H3. The fourth-order valence-electron chi connectivity index (χ4n) is 1.92. The number of phenolic OH excluding ortho intramolecular Hbond substituents is 1. The first-order chi connectivity index (χ1) is 9.50. The SMILES string of the molecule is COc1cc(CN(C)C(=O)C(C)(C)C(C)(C)N)ccc1O. The van der Waals surface area contributed by atoms with Crippen LogP contribution in [0.15, 0.2) is 18.2 Å². The van der Waals surface area contributed by atoms with Crippen LogP contribution in [0.25, 0.3) is 0 Å². The first-order valence-electron chi connectivity index (χ1n) is 6.91. The van der Waals surface area contributed by atoms with Crippen molar-refractivity contribution in [1.82, 2.24) is 4.90 Å². The van der Waals surface area contributed by atoms with E-state index < -0.39 is 11.0 Å². The molecule has 1 aromatic rings. The summed E-state index contributed by atoms with van der Waals surface area (Å²) in [6, 6.07) is 5.05. The molecule has 0 fully saturated rings. The van der Waals surface area contributed by atoms with Gasteiger partial charge in [-0.25, -0.2) is 0 Å². The fourth-order valence-corrected chi connectivity index (χ4v) is 1.92. The van der Waals surface area contributed by atoms with Crippen LogP contribution in [0.3, 0.4) is 0 Å². The number of carbonyl (C=O) groups is 1. The molecule has 0 saturated carbocycles. The molecular formula is C16H26N2O3. The van der Waals surface area contributed by atoms with Crippen molar-refractivity contribution in [2.45, 2.75) is 39.8 Å². The zero-order valence-corrected chi connectivity index (χ0v) is 13.7. The molecule has 0 aromatic heterocycles. The Morgan fingerprint density at radius 3 is 2.38 bits per heavy atom. The molecule has 0 spiro atoms. The number of methoxy groups -OCH3 is 1. The molecule has 0 radical (unpaired) electrons. The summed E-state index contributed by atoms with van der Waals surface area (Å²) in [5, 5.41) is 9.59. The fraction of sp³-hybridized carbons (Fsp3) is 0.562. The Kier molecular flexibility index (Phi) is 4.89. The number of rotatable bonds is 5. The number of carbonyl (C=O) groups excluding carboxylic acids is 1. The minimum Gasteiger partial charge on any atom is -0.504 e. The van der Waals surface area contributed by atoms with Crippen molar-refractivity contribution in [3.63, 3.8) is 0 Å². The van der Waals surface area contributed by atoms with Gasteiger partial charge in [0.2, 0.25) is 5.91 Å². The van der Waals surface area contributed by atoms with E-state index >= 15 is 0 Å². The summed E-state index contributed by atoms with van der Waals surface area (Å²) in [7, 11) is 3.24. The maximum atomic E-state index is 12.6. The van der Waals surface area contributed by atoms with Crippen LogP contribution in [0, 0.1) is 5.41 Å². The molecule has 5 nitrogen and oxygen atoms in total. The van der Waals surface area contributed by atoms with E-state index in [4.69, 9.17) is 10.5 Å². The zero-order valence-electron chi connectivity index (χ0n) is 13.7. The molecule has 21 heavy (non-hydrogen) atoms. The summed E-state index contributed by atoms with van der Waals surface area (Å²) in [6.07, 6.45) is 0. The molecule has 3 N–H and O–H groups in total. The number of aromatic hydroxyl groups is 1. The maximum absolute atomic E-state index is 12.6. The number of nitrogens with zero attached hydrogens (tertiary/aromatic N) is 1. The first kappa shape index (κ1) is 17.3. The van der Waals surface area contributed by atoms with Crippen LogP contribution in [0.4, 0.5) is 0 Å². The van der Waals surface area contributed by atoms with Gasteiger partial charge < -0.3 is 20.5 Å². The van der Waals surface area contributed by atoms with E-state index in [0.29, 0.717) is 12.3 Å². The number of ether oxygens (including phenoxy) is 1. The summed E-state index contributed by atoms with van der Waals surface area (Å²) < 4.78 is 5.08. The van der Waals surface area contributed by atoms with Crippen LogP contribution in [0.5, 0.6) is 11.5 Å². The molecule has 1 aromatic carbocycles. The second-order valence-electron chi connectivity index (χ2n) is 6.51. The number of benzene rings is 1. The molecule has 0 atom stereocenters. The maximum Gasteiger partial charge on any atom is 0.230 e. The topological polar surface area (TPSA) is 75.8 Å². The smallest absolute Gasteiger partial charge is 0.230 e. The highest BCUT2D eigenvalue weighted by molar-refractivity contribution is 5.83. The van der Waals surface area contributed by atoms with E-state index in [1.165, 1.54) is 7.11 Å². The Hall–Kier alpha value is -1.75. The minimum atomic E-state index is -0.678. The first-order valence-corrected chi connectivity index (χ1v) is 6.91. The Morgan fingerprint density at radius 1 is 1.33 bits per heavy atom. The molecule has 1 amide bonds. The van der Waals surface area contributed by atoms with Gasteiger partial charge in [-0.3, -0.25) is 4.79 Å². The van der Waals surface area contributed by atoms with Gasteiger partial charge in [0.15, 0.2) is 11.5 Å². The van der Waals surface area contributed by atoms with Gasteiger partial charge in [-0.15, -0.1) is 0 Å². The molecule has 0 unspecified atom stereocenters. The average Bonchev–Trinajstić information content (AvgIpc) is 2.38. The number of hydrogen-bond donors (Lipinski definition) is 2. The van der Waals surface area contributed by atoms with Gasteiger partial charge in [0.1, 0.15) is 0 Å².